The van der Waals surface area contributed by atoms with Crippen LogP contribution in [-0.4, -0.2) is 51.8 Å². The highest BCUT2D eigenvalue weighted by atomic mass is 16.5. The Morgan fingerprint density at radius 2 is 1.80 bits per heavy atom. The summed E-state index contributed by atoms with van der Waals surface area (Å²) in [5.74, 6) is -1.78. The fourth-order valence-corrected chi connectivity index (χ4v) is 1.57. The summed E-state index contributed by atoms with van der Waals surface area (Å²) in [5.41, 5.74) is 7.59. The van der Waals surface area contributed by atoms with E-state index in [2.05, 4.69) is 4.79 Å². The summed E-state index contributed by atoms with van der Waals surface area (Å²) in [4.78, 5) is 38.9. The number of carbonyl (C=O) groups is 3. The number of carbonyl (C=O) groups excluding carboxylic acids is 3. The molecule has 0 aromatic carbocycles. The molecular formula is C13H21N3O4. The fourth-order valence-electron chi connectivity index (χ4n) is 1.57. The van der Waals surface area contributed by atoms with Crippen molar-refractivity contribution in [1.82, 2.24) is 4.90 Å². The number of rotatable bonds is 6. The molecule has 0 fully saturated rings. The molecule has 112 valence electrons. The number of nitrogens with zero attached hydrogens (tertiary/aromatic N) is 3. The van der Waals surface area contributed by atoms with E-state index < -0.39 is 28.9 Å². The maximum atomic E-state index is 12.2. The predicted molar refractivity (Wildman–Crippen MR) is 72.0 cm³/mol. The van der Waals surface area contributed by atoms with Gasteiger partial charge in [0.1, 0.15) is 0 Å². The molecule has 20 heavy (non-hydrogen) atoms. The van der Waals surface area contributed by atoms with Gasteiger partial charge in [0.05, 0.1) is 13.0 Å². The van der Waals surface area contributed by atoms with Crippen LogP contribution in [0.4, 0.5) is 0 Å². The second-order valence-corrected chi connectivity index (χ2v) is 5.19. The SMILES string of the molecule is CCOC(=O)CCN(C(=O)C(=[N+]=[N-])C(C)=O)C(C)(C)C. The molecule has 0 aliphatic carbocycles. The third kappa shape index (κ3) is 5.32. The lowest BCUT2D eigenvalue weighted by Gasteiger charge is -2.33. The number of amides is 1. The molecular weight excluding hydrogens is 262 g/mol. The number of hydrogen-bond acceptors (Lipinski definition) is 4. The molecule has 0 aliphatic rings. The zero-order valence-electron chi connectivity index (χ0n) is 12.6. The Balaban J connectivity index is 5.10. The number of ether oxygens (including phenoxy) is 1. The highest BCUT2D eigenvalue weighted by molar-refractivity contribution is 6.63. The second kappa shape index (κ2) is 7.55. The van der Waals surface area contributed by atoms with Crippen LogP contribution < -0.4 is 0 Å². The standard InChI is InChI=1S/C13H21N3O4/c1-6-20-10(18)7-8-16(13(3,4)5)12(19)11(15-14)9(2)17/h6-8H2,1-5H3. The first-order chi connectivity index (χ1) is 9.15. The molecule has 1 amide bonds. The molecule has 0 bridgehead atoms. The largest absolute Gasteiger partial charge is 0.466 e. The first-order valence-electron chi connectivity index (χ1n) is 6.35. The molecule has 0 aliphatic heterocycles. The molecule has 0 aromatic rings. The summed E-state index contributed by atoms with van der Waals surface area (Å²) in [6.07, 6.45) is 0.00740. The van der Waals surface area contributed by atoms with Crippen LogP contribution in [0.1, 0.15) is 41.0 Å². The minimum Gasteiger partial charge on any atom is -0.466 e. The fraction of sp³-hybridized carbons (Fsp3) is 0.692. The monoisotopic (exact) mass is 283 g/mol. The van der Waals surface area contributed by atoms with Crippen LogP contribution in [0.2, 0.25) is 0 Å². The third-order valence-corrected chi connectivity index (χ3v) is 2.54. The van der Waals surface area contributed by atoms with E-state index in [-0.39, 0.29) is 19.6 Å². The summed E-state index contributed by atoms with van der Waals surface area (Å²) in [5, 5.41) is 0. The zero-order chi connectivity index (χ0) is 15.9. The third-order valence-electron chi connectivity index (χ3n) is 2.54. The van der Waals surface area contributed by atoms with Crippen LogP contribution in [0.5, 0.6) is 0 Å². The van der Waals surface area contributed by atoms with E-state index in [1.165, 1.54) is 4.90 Å². The molecule has 0 radical (unpaired) electrons. The van der Waals surface area contributed by atoms with Crippen molar-refractivity contribution in [3.05, 3.63) is 5.53 Å². The first kappa shape index (κ1) is 18.0. The van der Waals surface area contributed by atoms with Gasteiger partial charge < -0.3 is 15.2 Å². The van der Waals surface area contributed by atoms with Gasteiger partial charge in [0.2, 0.25) is 5.78 Å². The van der Waals surface area contributed by atoms with Gasteiger partial charge in [-0.05, 0) is 27.7 Å². The van der Waals surface area contributed by atoms with Crippen molar-refractivity contribution in [1.29, 1.82) is 0 Å². The predicted octanol–water partition coefficient (Wildman–Crippen LogP) is 0.826. The van der Waals surface area contributed by atoms with Gasteiger partial charge in [0.25, 0.3) is 0 Å². The van der Waals surface area contributed by atoms with Crippen LogP contribution in [-0.2, 0) is 19.1 Å². The second-order valence-electron chi connectivity index (χ2n) is 5.19. The number of hydrogen-bond donors (Lipinski definition) is 0. The van der Waals surface area contributed by atoms with Crippen LogP contribution in [0.25, 0.3) is 5.53 Å². The molecule has 0 aromatic heterocycles. The van der Waals surface area contributed by atoms with E-state index >= 15 is 0 Å². The molecule has 0 heterocycles. The molecule has 7 nitrogen and oxygen atoms in total. The van der Waals surface area contributed by atoms with E-state index in [1.807, 2.05) is 0 Å². The van der Waals surface area contributed by atoms with Crippen LogP contribution in [0, 0.1) is 0 Å². The van der Waals surface area contributed by atoms with Crippen LogP contribution in [0.3, 0.4) is 0 Å². The van der Waals surface area contributed by atoms with Crippen molar-refractivity contribution in [2.75, 3.05) is 13.2 Å². The van der Waals surface area contributed by atoms with Gasteiger partial charge in [-0.2, -0.15) is 4.79 Å². The Labute approximate surface area is 118 Å². The lowest BCUT2D eigenvalue weighted by molar-refractivity contribution is -0.144. The molecule has 7 heteroatoms. The van der Waals surface area contributed by atoms with Gasteiger partial charge in [-0.15, -0.1) is 0 Å². The molecule has 0 atom stereocenters. The van der Waals surface area contributed by atoms with Crippen molar-refractivity contribution >= 4 is 23.4 Å². The molecule has 0 spiro atoms. The van der Waals surface area contributed by atoms with E-state index in [0.717, 1.165) is 6.92 Å². The van der Waals surface area contributed by atoms with E-state index in [4.69, 9.17) is 10.3 Å². The van der Waals surface area contributed by atoms with E-state index in [9.17, 15) is 14.4 Å². The van der Waals surface area contributed by atoms with Gasteiger partial charge in [-0.25, -0.2) is 0 Å². The summed E-state index contributed by atoms with van der Waals surface area (Å²) < 4.78 is 4.80. The summed E-state index contributed by atoms with van der Waals surface area (Å²) in [7, 11) is 0. The van der Waals surface area contributed by atoms with E-state index in [0.29, 0.717) is 0 Å². The molecule has 0 N–H and O–H groups in total. The minimum absolute atomic E-state index is 0.00740. The quantitative estimate of drug-likeness (QED) is 0.237. The molecule has 0 rings (SSSR count). The maximum Gasteiger partial charge on any atom is 0.421 e. The van der Waals surface area contributed by atoms with Gasteiger partial charge >= 0.3 is 17.6 Å². The minimum atomic E-state index is -0.711. The van der Waals surface area contributed by atoms with Crippen molar-refractivity contribution in [2.24, 2.45) is 0 Å². The zero-order valence-corrected chi connectivity index (χ0v) is 12.6. The van der Waals surface area contributed by atoms with Crippen molar-refractivity contribution in [2.45, 2.75) is 46.6 Å². The van der Waals surface area contributed by atoms with Crippen LogP contribution >= 0.6 is 0 Å². The Morgan fingerprint density at radius 1 is 1.25 bits per heavy atom. The molecule has 0 saturated carbocycles. The maximum absolute atomic E-state index is 12.2. The molecule has 0 unspecified atom stereocenters. The summed E-state index contributed by atoms with van der Waals surface area (Å²) >= 11 is 0. The number of ketones is 1. The highest BCUT2D eigenvalue weighted by Gasteiger charge is 2.36. The highest BCUT2D eigenvalue weighted by Crippen LogP contribution is 2.15. The number of esters is 1. The normalized spacial score (nSPS) is 10.4. The van der Waals surface area contributed by atoms with Crippen molar-refractivity contribution < 1.29 is 23.9 Å². The topological polar surface area (TPSA) is 100 Å². The summed E-state index contributed by atoms with van der Waals surface area (Å²) in [6, 6.07) is 0. The lowest BCUT2D eigenvalue weighted by Crippen LogP contribution is -2.51. The first-order valence-corrected chi connectivity index (χ1v) is 6.35. The van der Waals surface area contributed by atoms with Gasteiger partial charge in [-0.1, -0.05) is 0 Å². The van der Waals surface area contributed by atoms with Gasteiger partial charge in [0, 0.05) is 19.0 Å². The van der Waals surface area contributed by atoms with E-state index in [1.54, 1.807) is 27.7 Å². The Bertz CT molecular complexity index is 445. The van der Waals surface area contributed by atoms with Crippen LogP contribution in [0.15, 0.2) is 0 Å². The Kier molecular flexibility index (Phi) is 6.79. The Morgan fingerprint density at radius 3 is 2.15 bits per heavy atom. The number of Topliss-reactive ketones (excluding diaryl/α,β-unsaturated/α-hetero) is 1. The smallest absolute Gasteiger partial charge is 0.421 e. The van der Waals surface area contributed by atoms with Gasteiger partial charge in [0.15, 0.2) is 0 Å². The molecule has 0 saturated heterocycles. The lowest BCUT2D eigenvalue weighted by atomic mass is 10.0. The summed E-state index contributed by atoms with van der Waals surface area (Å²) in [6.45, 7) is 8.43. The van der Waals surface area contributed by atoms with Gasteiger partial charge in [-0.3, -0.25) is 14.4 Å². The average molecular weight is 283 g/mol. The average Bonchev–Trinajstić information content (AvgIpc) is 2.27. The van der Waals surface area contributed by atoms with Crippen molar-refractivity contribution in [3.8, 4) is 0 Å². The van der Waals surface area contributed by atoms with Crippen molar-refractivity contribution in [3.63, 3.8) is 0 Å². The Hall–Kier alpha value is -2.01.